The van der Waals surface area contributed by atoms with Gasteiger partial charge in [-0.25, -0.2) is 13.2 Å². The van der Waals surface area contributed by atoms with Gasteiger partial charge in [-0.15, -0.1) is 16.4 Å². The maximum absolute atomic E-state index is 12.7. The molecule has 2 heterocycles. The second-order valence-corrected chi connectivity index (χ2v) is 9.87. The minimum Gasteiger partial charge on any atom is -0.496 e. The van der Waals surface area contributed by atoms with Crippen LogP contribution in [0.15, 0.2) is 34.5 Å². The van der Waals surface area contributed by atoms with Crippen LogP contribution in [0.5, 0.6) is 5.75 Å². The molecule has 0 bridgehead atoms. The fourth-order valence-electron chi connectivity index (χ4n) is 2.44. The molecule has 11 heteroatoms. The van der Waals surface area contributed by atoms with Gasteiger partial charge in [0.05, 0.1) is 29.0 Å². The first-order chi connectivity index (χ1) is 13.2. The Hall–Kier alpha value is -2.30. The highest BCUT2D eigenvalue weighted by Gasteiger charge is 2.25. The SMILES string of the molecule is COc1cccc2c1c(NS(=O)(=O)c1ccc(Cl)s1)nn2C(=O)OCC(C)C. The lowest BCUT2D eigenvalue weighted by Crippen LogP contribution is -2.18. The van der Waals surface area contributed by atoms with E-state index in [1.54, 1.807) is 18.2 Å². The van der Waals surface area contributed by atoms with Crippen molar-refractivity contribution < 1.29 is 22.7 Å². The van der Waals surface area contributed by atoms with Crippen LogP contribution in [0.1, 0.15) is 13.8 Å². The Bertz CT molecular complexity index is 1120. The smallest absolute Gasteiger partial charge is 0.435 e. The van der Waals surface area contributed by atoms with Crippen molar-refractivity contribution >= 4 is 55.8 Å². The number of benzene rings is 1. The van der Waals surface area contributed by atoms with Crippen molar-refractivity contribution in [2.45, 2.75) is 18.1 Å². The molecular formula is C17H18ClN3O5S2. The third-order valence-corrected chi connectivity index (χ3v) is 6.71. The van der Waals surface area contributed by atoms with Gasteiger partial charge in [0.2, 0.25) is 0 Å². The van der Waals surface area contributed by atoms with Crippen molar-refractivity contribution in [1.82, 2.24) is 9.78 Å². The number of ether oxygens (including phenoxy) is 2. The highest BCUT2D eigenvalue weighted by molar-refractivity contribution is 7.94. The van der Waals surface area contributed by atoms with Gasteiger partial charge in [0.15, 0.2) is 5.82 Å². The molecule has 0 aliphatic carbocycles. The molecule has 0 aliphatic heterocycles. The van der Waals surface area contributed by atoms with Crippen LogP contribution in [0.3, 0.4) is 0 Å². The van der Waals surface area contributed by atoms with E-state index in [9.17, 15) is 13.2 Å². The van der Waals surface area contributed by atoms with E-state index in [2.05, 4.69) is 9.82 Å². The molecule has 0 saturated heterocycles. The predicted molar refractivity (Wildman–Crippen MR) is 108 cm³/mol. The first kappa shape index (κ1) is 20.4. The largest absolute Gasteiger partial charge is 0.496 e. The Balaban J connectivity index is 2.08. The number of carbonyl (C=O) groups is 1. The van der Waals surface area contributed by atoms with Crippen LogP contribution in [-0.4, -0.2) is 38.0 Å². The van der Waals surface area contributed by atoms with E-state index in [0.29, 0.717) is 21.0 Å². The van der Waals surface area contributed by atoms with Gasteiger partial charge >= 0.3 is 6.09 Å². The van der Waals surface area contributed by atoms with Crippen LogP contribution >= 0.6 is 22.9 Å². The summed E-state index contributed by atoms with van der Waals surface area (Å²) in [5.74, 6) is 0.461. The number of anilines is 1. The molecule has 0 unspecified atom stereocenters. The molecule has 3 rings (SSSR count). The summed E-state index contributed by atoms with van der Waals surface area (Å²) in [6.07, 6.45) is -0.712. The summed E-state index contributed by atoms with van der Waals surface area (Å²) in [5.41, 5.74) is 0.356. The van der Waals surface area contributed by atoms with Gasteiger partial charge in [0, 0.05) is 0 Å². The van der Waals surface area contributed by atoms with Crippen molar-refractivity contribution in [2.24, 2.45) is 5.92 Å². The highest BCUT2D eigenvalue weighted by atomic mass is 35.5. The molecule has 0 radical (unpaired) electrons. The van der Waals surface area contributed by atoms with Crippen LogP contribution in [0.2, 0.25) is 4.34 Å². The van der Waals surface area contributed by atoms with E-state index >= 15 is 0 Å². The topological polar surface area (TPSA) is 99.5 Å². The Labute approximate surface area is 171 Å². The third kappa shape index (κ3) is 4.08. The molecule has 3 aromatic rings. The fraction of sp³-hybridized carbons (Fsp3) is 0.294. The average molecular weight is 444 g/mol. The monoisotopic (exact) mass is 443 g/mol. The maximum atomic E-state index is 12.7. The van der Waals surface area contributed by atoms with Gasteiger partial charge in [-0.2, -0.15) is 4.68 Å². The summed E-state index contributed by atoms with van der Waals surface area (Å²) in [5, 5.41) is 4.48. The molecule has 28 heavy (non-hydrogen) atoms. The van der Waals surface area contributed by atoms with Crippen LogP contribution in [-0.2, 0) is 14.8 Å². The van der Waals surface area contributed by atoms with Gasteiger partial charge < -0.3 is 9.47 Å². The molecule has 0 spiro atoms. The maximum Gasteiger partial charge on any atom is 0.435 e. The van der Waals surface area contributed by atoms with E-state index in [1.807, 2.05) is 13.8 Å². The lowest BCUT2D eigenvalue weighted by molar-refractivity contribution is 0.132. The van der Waals surface area contributed by atoms with Gasteiger partial charge in [-0.1, -0.05) is 31.5 Å². The van der Waals surface area contributed by atoms with Crippen LogP contribution < -0.4 is 9.46 Å². The average Bonchev–Trinajstić information content (AvgIpc) is 3.24. The first-order valence-electron chi connectivity index (χ1n) is 8.24. The molecule has 0 aliphatic rings. The number of thiophene rings is 1. The second kappa shape index (κ2) is 7.98. The van der Waals surface area contributed by atoms with Crippen molar-refractivity contribution in [2.75, 3.05) is 18.4 Å². The third-order valence-electron chi connectivity index (χ3n) is 3.65. The number of methoxy groups -OCH3 is 1. The Kier molecular flexibility index (Phi) is 5.82. The number of hydrogen-bond acceptors (Lipinski definition) is 7. The lowest BCUT2D eigenvalue weighted by Gasteiger charge is -2.07. The number of nitrogens with zero attached hydrogens (tertiary/aromatic N) is 2. The number of sulfonamides is 1. The minimum absolute atomic E-state index is 0.0254. The molecule has 8 nitrogen and oxygen atoms in total. The molecule has 0 saturated carbocycles. The van der Waals surface area contributed by atoms with Crippen molar-refractivity contribution in [1.29, 1.82) is 0 Å². The van der Waals surface area contributed by atoms with Gasteiger partial charge in [-0.3, -0.25) is 4.72 Å². The number of halogens is 1. The summed E-state index contributed by atoms with van der Waals surface area (Å²) in [6.45, 7) is 4.02. The van der Waals surface area contributed by atoms with Crippen molar-refractivity contribution in [3.05, 3.63) is 34.7 Å². The van der Waals surface area contributed by atoms with E-state index < -0.39 is 16.1 Å². The highest BCUT2D eigenvalue weighted by Crippen LogP contribution is 2.34. The number of fused-ring (bicyclic) bond motifs is 1. The number of carbonyl (C=O) groups excluding carboxylic acids is 1. The molecule has 2 aromatic heterocycles. The zero-order valence-electron chi connectivity index (χ0n) is 15.3. The lowest BCUT2D eigenvalue weighted by atomic mass is 10.2. The van der Waals surface area contributed by atoms with Gasteiger partial charge in [-0.05, 0) is 30.2 Å². The number of aromatic nitrogens is 2. The predicted octanol–water partition coefficient (Wildman–Crippen LogP) is 4.20. The van der Waals surface area contributed by atoms with E-state index in [4.69, 9.17) is 21.1 Å². The Morgan fingerprint density at radius 1 is 1.32 bits per heavy atom. The number of rotatable bonds is 6. The minimum atomic E-state index is -3.95. The van der Waals surface area contributed by atoms with E-state index in [1.165, 1.54) is 19.2 Å². The molecule has 150 valence electrons. The quantitative estimate of drug-likeness (QED) is 0.612. The van der Waals surface area contributed by atoms with Crippen LogP contribution in [0.25, 0.3) is 10.9 Å². The summed E-state index contributed by atoms with van der Waals surface area (Å²) in [4.78, 5) is 12.5. The second-order valence-electron chi connectivity index (χ2n) is 6.25. The number of hydrogen-bond donors (Lipinski definition) is 1. The molecular weight excluding hydrogens is 426 g/mol. The summed E-state index contributed by atoms with van der Waals surface area (Å²) in [7, 11) is -2.50. The van der Waals surface area contributed by atoms with Crippen molar-refractivity contribution in [3.63, 3.8) is 0 Å². The van der Waals surface area contributed by atoms with Gasteiger partial charge in [0.25, 0.3) is 10.0 Å². The Morgan fingerprint density at radius 2 is 2.07 bits per heavy atom. The van der Waals surface area contributed by atoms with Crippen LogP contribution in [0.4, 0.5) is 10.6 Å². The zero-order chi connectivity index (χ0) is 20.5. The van der Waals surface area contributed by atoms with E-state index in [0.717, 1.165) is 16.0 Å². The first-order valence-corrected chi connectivity index (χ1v) is 10.9. The van der Waals surface area contributed by atoms with Crippen LogP contribution in [0, 0.1) is 5.92 Å². The molecule has 0 fully saturated rings. The van der Waals surface area contributed by atoms with E-state index in [-0.39, 0.29) is 22.6 Å². The fourth-order valence-corrected chi connectivity index (χ4v) is 4.93. The molecule has 0 atom stereocenters. The standard InChI is InChI=1S/C17H18ClN3O5S2/c1-10(2)9-26-17(22)21-11-5-4-6-12(25-3)15(11)16(19-21)20-28(23,24)14-8-7-13(18)27-14/h4-8,10H,9H2,1-3H3,(H,19,20). The summed E-state index contributed by atoms with van der Waals surface area (Å²) >= 11 is 6.75. The summed E-state index contributed by atoms with van der Waals surface area (Å²) < 4.78 is 39.7. The normalized spacial score (nSPS) is 11.8. The van der Waals surface area contributed by atoms with Gasteiger partial charge in [0.1, 0.15) is 9.96 Å². The molecule has 0 amide bonds. The van der Waals surface area contributed by atoms with Crippen molar-refractivity contribution in [3.8, 4) is 5.75 Å². The zero-order valence-corrected chi connectivity index (χ0v) is 17.7. The Morgan fingerprint density at radius 3 is 2.68 bits per heavy atom. The molecule has 1 aromatic carbocycles. The summed E-state index contributed by atoms with van der Waals surface area (Å²) in [6, 6.07) is 7.82. The number of nitrogens with one attached hydrogen (secondary N) is 1. The molecule has 1 N–H and O–H groups in total.